The van der Waals surface area contributed by atoms with Gasteiger partial charge in [0.1, 0.15) is 0 Å². The van der Waals surface area contributed by atoms with Gasteiger partial charge in [-0.2, -0.15) is 0 Å². The van der Waals surface area contributed by atoms with Crippen LogP contribution in [-0.2, 0) is 0 Å². The smallest absolute Gasteiger partial charge is 0.0430 e. The number of hydrogen-bond donors (Lipinski definition) is 1. The monoisotopic (exact) mass is 215 g/mol. The van der Waals surface area contributed by atoms with E-state index < -0.39 is 0 Å². The number of benzene rings is 1. The van der Waals surface area contributed by atoms with Crippen molar-refractivity contribution in [3.8, 4) is 11.8 Å². The van der Waals surface area contributed by atoms with Gasteiger partial charge in [-0.1, -0.05) is 36.8 Å². The molecule has 1 aromatic carbocycles. The van der Waals surface area contributed by atoms with Crippen molar-refractivity contribution in [3.63, 3.8) is 0 Å². The van der Waals surface area contributed by atoms with Gasteiger partial charge in [-0.25, -0.2) is 0 Å². The molecule has 0 radical (unpaired) electrons. The van der Waals surface area contributed by atoms with Crippen molar-refractivity contribution in [2.24, 2.45) is 0 Å². The van der Waals surface area contributed by atoms with Gasteiger partial charge in [0, 0.05) is 12.5 Å². The van der Waals surface area contributed by atoms with Crippen LogP contribution < -0.4 is 5.32 Å². The van der Waals surface area contributed by atoms with E-state index in [2.05, 4.69) is 55.3 Å². The summed E-state index contributed by atoms with van der Waals surface area (Å²) >= 11 is 0. The van der Waals surface area contributed by atoms with E-state index in [0.29, 0.717) is 6.04 Å². The molecule has 0 spiro atoms. The first-order valence-corrected chi connectivity index (χ1v) is 5.97. The molecule has 0 heterocycles. The van der Waals surface area contributed by atoms with E-state index in [0.717, 1.165) is 19.4 Å². The summed E-state index contributed by atoms with van der Waals surface area (Å²) in [6.07, 6.45) is 2.04. The Balaban J connectivity index is 2.76. The second-order valence-electron chi connectivity index (χ2n) is 4.05. The van der Waals surface area contributed by atoms with Gasteiger partial charge in [-0.05, 0) is 32.4 Å². The van der Waals surface area contributed by atoms with Crippen molar-refractivity contribution in [1.29, 1.82) is 0 Å². The maximum absolute atomic E-state index is 3.55. The zero-order valence-electron chi connectivity index (χ0n) is 10.5. The van der Waals surface area contributed by atoms with Crippen LogP contribution in [0.15, 0.2) is 24.3 Å². The van der Waals surface area contributed by atoms with Crippen LogP contribution in [0.1, 0.15) is 43.9 Å². The van der Waals surface area contributed by atoms with Crippen LogP contribution in [0, 0.1) is 18.8 Å². The third-order valence-electron chi connectivity index (χ3n) is 2.57. The summed E-state index contributed by atoms with van der Waals surface area (Å²) in [5.41, 5.74) is 2.65. The molecule has 1 unspecified atom stereocenters. The fraction of sp³-hybridized carbons (Fsp3) is 0.467. The molecule has 1 aromatic rings. The fourth-order valence-electron chi connectivity index (χ4n) is 1.72. The van der Waals surface area contributed by atoms with Gasteiger partial charge in [-0.3, -0.25) is 0 Å². The molecule has 1 rings (SSSR count). The molecule has 0 saturated carbocycles. The predicted octanol–water partition coefficient (Wildman–Crippen LogP) is 3.45. The van der Waals surface area contributed by atoms with Crippen LogP contribution in [0.4, 0.5) is 0 Å². The lowest BCUT2D eigenvalue weighted by Crippen LogP contribution is -2.21. The lowest BCUT2D eigenvalue weighted by Gasteiger charge is -2.16. The summed E-state index contributed by atoms with van der Waals surface area (Å²) in [6.45, 7) is 7.26. The first kappa shape index (κ1) is 12.8. The highest BCUT2D eigenvalue weighted by Gasteiger charge is 2.08. The first-order valence-electron chi connectivity index (χ1n) is 5.97. The largest absolute Gasteiger partial charge is 0.309 e. The number of rotatable bonds is 5. The molecular formula is C15H21N. The maximum Gasteiger partial charge on any atom is 0.0430 e. The zero-order chi connectivity index (χ0) is 11.8. The van der Waals surface area contributed by atoms with E-state index in [4.69, 9.17) is 0 Å². The van der Waals surface area contributed by atoms with Gasteiger partial charge >= 0.3 is 0 Å². The molecule has 1 nitrogen and oxygen atoms in total. The third-order valence-corrected chi connectivity index (χ3v) is 2.57. The minimum Gasteiger partial charge on any atom is -0.309 e. The molecule has 16 heavy (non-hydrogen) atoms. The Morgan fingerprint density at radius 2 is 2.19 bits per heavy atom. The highest BCUT2D eigenvalue weighted by Crippen LogP contribution is 2.17. The summed E-state index contributed by atoms with van der Waals surface area (Å²) in [5.74, 6) is 6.13. The normalized spacial score (nSPS) is 11.7. The number of hydrogen-bond acceptors (Lipinski definition) is 1. The van der Waals surface area contributed by atoms with Gasteiger partial charge in [-0.15, -0.1) is 11.8 Å². The Hall–Kier alpha value is -1.26. The Labute approximate surface area is 99.3 Å². The SMILES string of the molecule is CC#CCC(NCCC)c1cccc(C)c1. The second-order valence-corrected chi connectivity index (χ2v) is 4.05. The van der Waals surface area contributed by atoms with Gasteiger partial charge < -0.3 is 5.32 Å². The minimum absolute atomic E-state index is 0.368. The van der Waals surface area contributed by atoms with Crippen LogP contribution in [0.2, 0.25) is 0 Å². The summed E-state index contributed by atoms with van der Waals surface area (Å²) in [5, 5.41) is 3.55. The average Bonchev–Trinajstić information content (AvgIpc) is 2.29. The molecule has 0 aliphatic heterocycles. The zero-order valence-corrected chi connectivity index (χ0v) is 10.5. The van der Waals surface area contributed by atoms with Crippen LogP contribution in [0.25, 0.3) is 0 Å². The van der Waals surface area contributed by atoms with E-state index in [9.17, 15) is 0 Å². The van der Waals surface area contributed by atoms with E-state index in [-0.39, 0.29) is 0 Å². The lowest BCUT2D eigenvalue weighted by atomic mass is 10.0. The molecule has 0 aromatic heterocycles. The number of nitrogens with one attached hydrogen (secondary N) is 1. The Morgan fingerprint density at radius 1 is 1.38 bits per heavy atom. The molecular weight excluding hydrogens is 194 g/mol. The Kier molecular flexibility index (Phi) is 5.67. The molecule has 1 heteroatoms. The minimum atomic E-state index is 0.368. The van der Waals surface area contributed by atoms with Crippen molar-refractivity contribution in [1.82, 2.24) is 5.32 Å². The van der Waals surface area contributed by atoms with E-state index in [1.807, 2.05) is 6.92 Å². The topological polar surface area (TPSA) is 12.0 Å². The molecule has 0 aliphatic carbocycles. The van der Waals surface area contributed by atoms with E-state index >= 15 is 0 Å². The van der Waals surface area contributed by atoms with Crippen molar-refractivity contribution in [3.05, 3.63) is 35.4 Å². The molecule has 0 aliphatic rings. The van der Waals surface area contributed by atoms with Gasteiger partial charge in [0.25, 0.3) is 0 Å². The van der Waals surface area contributed by atoms with Gasteiger partial charge in [0.15, 0.2) is 0 Å². The summed E-state index contributed by atoms with van der Waals surface area (Å²) in [4.78, 5) is 0. The Morgan fingerprint density at radius 3 is 2.81 bits per heavy atom. The highest BCUT2D eigenvalue weighted by molar-refractivity contribution is 5.26. The van der Waals surface area contributed by atoms with Gasteiger partial charge in [0.05, 0.1) is 0 Å². The van der Waals surface area contributed by atoms with Crippen molar-refractivity contribution in [2.75, 3.05) is 6.54 Å². The second kappa shape index (κ2) is 7.09. The number of aryl methyl sites for hydroxylation is 1. The molecule has 1 atom stereocenters. The van der Waals surface area contributed by atoms with E-state index in [1.54, 1.807) is 0 Å². The third kappa shape index (κ3) is 4.08. The highest BCUT2D eigenvalue weighted by atomic mass is 14.9. The fourth-order valence-corrected chi connectivity index (χ4v) is 1.72. The quantitative estimate of drug-likeness (QED) is 0.742. The van der Waals surface area contributed by atoms with Gasteiger partial charge in [0.2, 0.25) is 0 Å². The van der Waals surface area contributed by atoms with Crippen molar-refractivity contribution >= 4 is 0 Å². The van der Waals surface area contributed by atoms with Crippen LogP contribution in [0.3, 0.4) is 0 Å². The molecule has 0 amide bonds. The molecule has 0 fully saturated rings. The Bertz CT molecular complexity index is 371. The van der Waals surface area contributed by atoms with Crippen LogP contribution in [-0.4, -0.2) is 6.54 Å². The molecule has 86 valence electrons. The summed E-state index contributed by atoms with van der Waals surface area (Å²) in [7, 11) is 0. The van der Waals surface area contributed by atoms with Crippen molar-refractivity contribution < 1.29 is 0 Å². The molecule has 1 N–H and O–H groups in total. The molecule has 0 bridgehead atoms. The average molecular weight is 215 g/mol. The standard InChI is InChI=1S/C15H21N/c1-4-6-10-15(16-11-5-2)14-9-7-8-13(3)12-14/h7-9,12,15-16H,5,10-11H2,1-3H3. The maximum atomic E-state index is 3.55. The predicted molar refractivity (Wildman–Crippen MR) is 70.3 cm³/mol. The summed E-state index contributed by atoms with van der Waals surface area (Å²) < 4.78 is 0. The van der Waals surface area contributed by atoms with Crippen LogP contribution >= 0.6 is 0 Å². The summed E-state index contributed by atoms with van der Waals surface area (Å²) in [6, 6.07) is 9.03. The van der Waals surface area contributed by atoms with Crippen molar-refractivity contribution in [2.45, 2.75) is 39.7 Å². The van der Waals surface area contributed by atoms with Crippen LogP contribution in [0.5, 0.6) is 0 Å². The van der Waals surface area contributed by atoms with E-state index in [1.165, 1.54) is 11.1 Å². The molecule has 0 saturated heterocycles. The lowest BCUT2D eigenvalue weighted by molar-refractivity contribution is 0.542. The first-order chi connectivity index (χ1) is 7.77.